The molecule has 0 aliphatic rings. The van der Waals surface area contributed by atoms with Crippen LogP contribution in [0.2, 0.25) is 0 Å². The Morgan fingerprint density at radius 1 is 0.133 bits per heavy atom. The number of hydrogen-bond donors (Lipinski definition) is 0. The lowest BCUT2D eigenvalue weighted by Gasteiger charge is -2.15. The summed E-state index contributed by atoms with van der Waals surface area (Å²) >= 11 is 0. The summed E-state index contributed by atoms with van der Waals surface area (Å²) in [7, 11) is 0. The first-order chi connectivity index (χ1) is 63.4. The Bertz CT molecular complexity index is 7500. The highest BCUT2D eigenvalue weighted by molar-refractivity contribution is 6.04. The molecular formula is C118H74N10. The van der Waals surface area contributed by atoms with E-state index in [1.807, 2.05) is 49.3 Å². The van der Waals surface area contributed by atoms with Gasteiger partial charge in [0, 0.05) is 103 Å². The van der Waals surface area contributed by atoms with Crippen molar-refractivity contribution < 1.29 is 0 Å². The molecule has 6 aromatic heterocycles. The van der Waals surface area contributed by atoms with Gasteiger partial charge in [-0.05, 0) is 217 Å². The van der Waals surface area contributed by atoms with E-state index in [2.05, 4.69) is 420 Å². The fourth-order valence-corrected chi connectivity index (χ4v) is 18.2. The van der Waals surface area contributed by atoms with Gasteiger partial charge in [-0.1, -0.05) is 328 Å². The molecule has 0 aliphatic carbocycles. The fourth-order valence-electron chi connectivity index (χ4n) is 18.2. The molecule has 0 aliphatic heterocycles. The number of para-hydroxylation sites is 2. The molecule has 0 fully saturated rings. The molecule has 18 aromatic carbocycles. The van der Waals surface area contributed by atoms with Gasteiger partial charge in [0.15, 0.2) is 34.9 Å². The van der Waals surface area contributed by atoms with E-state index in [9.17, 15) is 0 Å². The van der Waals surface area contributed by atoms with Crippen LogP contribution in [0.25, 0.3) is 244 Å². The lowest BCUT2D eigenvalue weighted by atomic mass is 9.92. The summed E-state index contributed by atoms with van der Waals surface area (Å²) in [6, 6.07) is 145. The van der Waals surface area contributed by atoms with E-state index < -0.39 is 0 Å². The standard InChI is InChI=1S/2C59H37N5/c1-5-23-49-38(13-1)17-11-27-53(49)58-62-57(63-59(64-58)54-28-12-18-39-14-2-6-24-50(39)54)48-32-46(40-19-9-21-42(29-40)55-36-60-34-44-15-3-7-25-51(44)55)31-47(33-48)41-20-10-22-43(30-41)56-37-61-35-45-16-4-8-26-52(45)56;1-3-21-47-38(13-1)15-11-25-53(47)58-62-57(63-59(64-58)54-26-12-16-39-14-2-4-22-48(39)54)46-36-44(40-17-9-19-42(33-40)49-29-31-60-55-27-7-5-23-51(49)55)35-45(37-46)41-18-10-20-43(34-41)50-30-32-61-56-28-8-6-24-52(50)56/h2*1-37H. The van der Waals surface area contributed by atoms with Crippen LogP contribution in [0.3, 0.4) is 0 Å². The van der Waals surface area contributed by atoms with E-state index in [4.69, 9.17) is 29.9 Å². The van der Waals surface area contributed by atoms with Crippen molar-refractivity contribution in [3.63, 3.8) is 0 Å². The van der Waals surface area contributed by atoms with Crippen LogP contribution in [0.4, 0.5) is 0 Å². The number of benzene rings is 18. The third kappa shape index (κ3) is 14.5. The SMILES string of the molecule is c1cc(-c2cc(-c3cccc(-c4ccnc5ccccc45)c3)cc(-c3nc(-c4cccc5ccccc45)nc(-c4cccc5ccccc45)n3)c2)cc(-c2ccnc3ccccc23)c1.c1cc(-c2cc(-c3cccc(-c4cncc5ccccc45)c3)cc(-c3nc(-c4cccc5ccccc45)nc(-c4cccc5ccccc45)n3)c2)cc(-c2cncc3ccccc23)c1. The lowest BCUT2D eigenvalue weighted by Crippen LogP contribution is -2.01. The highest BCUT2D eigenvalue weighted by Gasteiger charge is 2.23. The van der Waals surface area contributed by atoms with Gasteiger partial charge in [0.25, 0.3) is 0 Å². The molecule has 10 nitrogen and oxygen atoms in total. The number of hydrogen-bond acceptors (Lipinski definition) is 10. The summed E-state index contributed by atoms with van der Waals surface area (Å²) in [5.41, 5.74) is 24.9. The quantitative estimate of drug-likeness (QED) is 0.104. The van der Waals surface area contributed by atoms with Crippen molar-refractivity contribution in [2.24, 2.45) is 0 Å². The molecule has 0 bridgehead atoms. The molecule has 128 heavy (non-hydrogen) atoms. The summed E-state index contributed by atoms with van der Waals surface area (Å²) in [6.07, 6.45) is 11.6. The first-order valence-electron chi connectivity index (χ1n) is 42.9. The molecule has 0 saturated carbocycles. The molecule has 0 spiro atoms. The number of nitrogens with zero attached hydrogens (tertiary/aromatic N) is 10. The van der Waals surface area contributed by atoms with E-state index in [1.165, 1.54) is 0 Å². The highest BCUT2D eigenvalue weighted by atomic mass is 15.0. The zero-order chi connectivity index (χ0) is 84.8. The van der Waals surface area contributed by atoms with Gasteiger partial charge in [0.05, 0.1) is 11.0 Å². The van der Waals surface area contributed by atoms with Crippen LogP contribution < -0.4 is 0 Å². The molecule has 0 N–H and O–H groups in total. The van der Waals surface area contributed by atoms with Crippen LogP contribution in [-0.4, -0.2) is 49.8 Å². The largest absolute Gasteiger partial charge is 0.263 e. The normalized spacial score (nSPS) is 11.4. The minimum atomic E-state index is 0.591. The second-order valence-electron chi connectivity index (χ2n) is 32.2. The zero-order valence-electron chi connectivity index (χ0n) is 69.2. The van der Waals surface area contributed by atoms with Gasteiger partial charge in [0.2, 0.25) is 0 Å². The highest BCUT2D eigenvalue weighted by Crippen LogP contribution is 2.44. The summed E-state index contributed by atoms with van der Waals surface area (Å²) in [5.74, 6) is 3.66. The van der Waals surface area contributed by atoms with E-state index >= 15 is 0 Å². The van der Waals surface area contributed by atoms with Crippen LogP contribution in [0.15, 0.2) is 450 Å². The van der Waals surface area contributed by atoms with Gasteiger partial charge in [-0.15, -0.1) is 0 Å². The third-order valence-corrected chi connectivity index (χ3v) is 24.4. The maximum absolute atomic E-state index is 5.36. The molecule has 0 atom stereocenters. The molecule has 6 heterocycles. The molecule has 0 saturated heterocycles. The van der Waals surface area contributed by atoms with Crippen molar-refractivity contribution in [3.8, 4) is 157 Å². The monoisotopic (exact) mass is 1630 g/mol. The van der Waals surface area contributed by atoms with Crippen molar-refractivity contribution in [1.82, 2.24) is 49.8 Å². The van der Waals surface area contributed by atoms with Gasteiger partial charge < -0.3 is 0 Å². The second kappa shape index (κ2) is 32.8. The van der Waals surface area contributed by atoms with Crippen LogP contribution in [0, 0.1) is 0 Å². The number of aromatic nitrogens is 10. The maximum Gasteiger partial charge on any atom is 0.164 e. The average Bonchev–Trinajstić information content (AvgIpc) is 0.765. The first kappa shape index (κ1) is 75.6. The molecule has 0 radical (unpaired) electrons. The van der Waals surface area contributed by atoms with Gasteiger partial charge in [0.1, 0.15) is 0 Å². The van der Waals surface area contributed by atoms with Crippen LogP contribution in [-0.2, 0) is 0 Å². The minimum absolute atomic E-state index is 0.591. The number of fused-ring (bicyclic) bond motifs is 8. The Morgan fingerprint density at radius 2 is 0.359 bits per heavy atom. The average molecular weight is 1630 g/mol. The van der Waals surface area contributed by atoms with Crippen LogP contribution in [0.5, 0.6) is 0 Å². The fraction of sp³-hybridized carbons (Fsp3) is 0. The van der Waals surface area contributed by atoms with Crippen LogP contribution in [0.1, 0.15) is 0 Å². The lowest BCUT2D eigenvalue weighted by molar-refractivity contribution is 1.08. The Hall–Kier alpha value is -17.3. The van der Waals surface area contributed by atoms with Gasteiger partial charge in [-0.25, -0.2) is 29.9 Å². The van der Waals surface area contributed by atoms with E-state index in [-0.39, 0.29) is 0 Å². The van der Waals surface area contributed by atoms with Crippen molar-refractivity contribution in [3.05, 3.63) is 450 Å². The smallest absolute Gasteiger partial charge is 0.164 e. The maximum atomic E-state index is 5.36. The summed E-state index contributed by atoms with van der Waals surface area (Å²) in [6.45, 7) is 0. The predicted molar refractivity (Wildman–Crippen MR) is 527 cm³/mol. The Balaban J connectivity index is 0.000000146. The minimum Gasteiger partial charge on any atom is -0.263 e. The Kier molecular flexibility index (Phi) is 19.4. The Labute approximate surface area is 738 Å². The molecule has 10 heteroatoms. The molecule has 0 unspecified atom stereocenters. The van der Waals surface area contributed by atoms with E-state index in [0.717, 1.165) is 209 Å². The Morgan fingerprint density at radius 3 is 0.680 bits per heavy atom. The van der Waals surface area contributed by atoms with Gasteiger partial charge >= 0.3 is 0 Å². The van der Waals surface area contributed by atoms with Gasteiger partial charge in [-0.2, -0.15) is 0 Å². The third-order valence-electron chi connectivity index (χ3n) is 24.4. The van der Waals surface area contributed by atoms with Crippen molar-refractivity contribution in [2.75, 3.05) is 0 Å². The topological polar surface area (TPSA) is 129 Å². The number of rotatable bonds is 14. The second-order valence-corrected chi connectivity index (χ2v) is 32.2. The van der Waals surface area contributed by atoms with Crippen molar-refractivity contribution in [2.45, 2.75) is 0 Å². The summed E-state index contributed by atoms with van der Waals surface area (Å²) in [5, 5.41) is 15.6. The summed E-state index contributed by atoms with van der Waals surface area (Å²) < 4.78 is 0. The predicted octanol–water partition coefficient (Wildman–Crippen LogP) is 29.9. The van der Waals surface area contributed by atoms with Crippen molar-refractivity contribution in [1.29, 1.82) is 0 Å². The van der Waals surface area contributed by atoms with E-state index in [1.54, 1.807) is 0 Å². The molecule has 24 rings (SSSR count). The van der Waals surface area contributed by atoms with Crippen molar-refractivity contribution >= 4 is 86.4 Å². The zero-order valence-corrected chi connectivity index (χ0v) is 69.2. The molecule has 24 aromatic rings. The number of pyridine rings is 4. The molecule has 0 amide bonds. The van der Waals surface area contributed by atoms with Gasteiger partial charge in [-0.3, -0.25) is 19.9 Å². The van der Waals surface area contributed by atoms with Crippen LogP contribution >= 0.6 is 0 Å². The summed E-state index contributed by atoms with van der Waals surface area (Å²) in [4.78, 5) is 50.5. The molecule has 596 valence electrons. The van der Waals surface area contributed by atoms with E-state index in [0.29, 0.717) is 34.9 Å². The first-order valence-corrected chi connectivity index (χ1v) is 42.9. The molecular weight excluding hydrogens is 1560 g/mol.